The van der Waals surface area contributed by atoms with E-state index < -0.39 is 0 Å². The first-order valence-corrected chi connectivity index (χ1v) is 12.0. The van der Waals surface area contributed by atoms with Crippen molar-refractivity contribution in [2.75, 3.05) is 66.1 Å². The number of nitrogens with one attached hydrogen (secondary N) is 2. The van der Waals surface area contributed by atoms with Gasteiger partial charge < -0.3 is 20.1 Å². The van der Waals surface area contributed by atoms with Crippen LogP contribution in [0.5, 0.6) is 5.75 Å². The van der Waals surface area contributed by atoms with Gasteiger partial charge in [-0.15, -0.1) is 0 Å². The van der Waals surface area contributed by atoms with Gasteiger partial charge in [-0.25, -0.2) is 0 Å². The fourth-order valence-electron chi connectivity index (χ4n) is 4.40. The van der Waals surface area contributed by atoms with Crippen LogP contribution in [0.2, 0.25) is 0 Å². The molecule has 0 bridgehead atoms. The standard InChI is InChI=1S/C24H41N5O2/c1-3-22-8-4-5-11-29(22)12-10-26-24(25-2)27-20-21-7-6-9-23(19-21)31-18-15-28-13-16-30-17-14-28/h6-7,9,19,22H,3-5,8,10-18,20H2,1-2H3,(H2,25,26,27). The van der Waals surface area contributed by atoms with Crippen molar-refractivity contribution in [1.29, 1.82) is 0 Å². The van der Waals surface area contributed by atoms with Crippen molar-refractivity contribution in [3.8, 4) is 5.75 Å². The molecule has 0 radical (unpaired) electrons. The number of nitrogens with zero attached hydrogens (tertiary/aromatic N) is 3. The Balaban J connectivity index is 1.36. The smallest absolute Gasteiger partial charge is 0.191 e. The number of hydrogen-bond acceptors (Lipinski definition) is 5. The molecule has 2 heterocycles. The van der Waals surface area contributed by atoms with Gasteiger partial charge in [-0.05, 0) is 43.5 Å². The van der Waals surface area contributed by atoms with Crippen LogP contribution in [-0.4, -0.2) is 87.9 Å². The monoisotopic (exact) mass is 431 g/mol. The van der Waals surface area contributed by atoms with Gasteiger partial charge in [-0.2, -0.15) is 0 Å². The van der Waals surface area contributed by atoms with Crippen LogP contribution in [-0.2, 0) is 11.3 Å². The molecule has 0 saturated carbocycles. The molecule has 0 aromatic heterocycles. The lowest BCUT2D eigenvalue weighted by atomic mass is 10.0. The second kappa shape index (κ2) is 13.6. The van der Waals surface area contributed by atoms with Gasteiger partial charge in [0.05, 0.1) is 13.2 Å². The summed E-state index contributed by atoms with van der Waals surface area (Å²) in [6.07, 6.45) is 5.29. The molecular weight excluding hydrogens is 390 g/mol. The highest BCUT2D eigenvalue weighted by atomic mass is 16.5. The van der Waals surface area contributed by atoms with Gasteiger partial charge in [0.25, 0.3) is 0 Å². The van der Waals surface area contributed by atoms with Gasteiger partial charge >= 0.3 is 0 Å². The van der Waals surface area contributed by atoms with Gasteiger partial charge in [0, 0.05) is 52.4 Å². The van der Waals surface area contributed by atoms with Crippen LogP contribution in [0.4, 0.5) is 0 Å². The number of morpholine rings is 1. The van der Waals surface area contributed by atoms with Gasteiger partial charge in [0.15, 0.2) is 5.96 Å². The van der Waals surface area contributed by atoms with E-state index in [2.05, 4.69) is 50.5 Å². The van der Waals surface area contributed by atoms with Crippen LogP contribution < -0.4 is 15.4 Å². The number of piperidine rings is 1. The van der Waals surface area contributed by atoms with Crippen LogP contribution in [0.25, 0.3) is 0 Å². The minimum Gasteiger partial charge on any atom is -0.492 e. The maximum Gasteiger partial charge on any atom is 0.191 e. The van der Waals surface area contributed by atoms with E-state index in [1.807, 2.05) is 13.1 Å². The third kappa shape index (κ3) is 8.31. The summed E-state index contributed by atoms with van der Waals surface area (Å²) in [6, 6.07) is 9.06. The highest BCUT2D eigenvalue weighted by Gasteiger charge is 2.20. The van der Waals surface area contributed by atoms with E-state index in [1.54, 1.807) is 0 Å². The molecule has 1 unspecified atom stereocenters. The molecule has 2 aliphatic rings. The van der Waals surface area contributed by atoms with E-state index in [0.717, 1.165) is 70.2 Å². The number of ether oxygens (including phenoxy) is 2. The maximum atomic E-state index is 5.97. The van der Waals surface area contributed by atoms with E-state index >= 15 is 0 Å². The first-order chi connectivity index (χ1) is 15.3. The normalized spacial score (nSPS) is 21.1. The van der Waals surface area contributed by atoms with Gasteiger partial charge in [0.1, 0.15) is 12.4 Å². The lowest BCUT2D eigenvalue weighted by molar-refractivity contribution is 0.0322. The molecular formula is C24H41N5O2. The van der Waals surface area contributed by atoms with Gasteiger partial charge in [0.2, 0.25) is 0 Å². The molecule has 0 aliphatic carbocycles. The molecule has 2 fully saturated rings. The lowest BCUT2D eigenvalue weighted by Gasteiger charge is -2.35. The summed E-state index contributed by atoms with van der Waals surface area (Å²) in [4.78, 5) is 9.39. The molecule has 1 atom stereocenters. The Kier molecular flexibility index (Phi) is 10.4. The molecule has 2 aliphatic heterocycles. The number of aliphatic imine (C=N–C) groups is 1. The molecule has 2 saturated heterocycles. The Morgan fingerprint density at radius 3 is 2.84 bits per heavy atom. The van der Waals surface area contributed by atoms with Crippen molar-refractivity contribution in [3.63, 3.8) is 0 Å². The van der Waals surface area contributed by atoms with Gasteiger partial charge in [-0.3, -0.25) is 14.8 Å². The fraction of sp³-hybridized carbons (Fsp3) is 0.708. The number of rotatable bonds is 10. The van der Waals surface area contributed by atoms with Crippen LogP contribution in [0.15, 0.2) is 29.3 Å². The highest BCUT2D eigenvalue weighted by molar-refractivity contribution is 5.79. The summed E-state index contributed by atoms with van der Waals surface area (Å²) >= 11 is 0. The van der Waals surface area contributed by atoms with E-state index in [1.165, 1.54) is 37.8 Å². The molecule has 0 spiro atoms. The molecule has 1 aromatic rings. The fourth-order valence-corrected chi connectivity index (χ4v) is 4.40. The Morgan fingerprint density at radius 2 is 2.03 bits per heavy atom. The third-order valence-electron chi connectivity index (χ3n) is 6.27. The Labute approximate surface area is 188 Å². The summed E-state index contributed by atoms with van der Waals surface area (Å²) < 4.78 is 11.4. The summed E-state index contributed by atoms with van der Waals surface area (Å²) in [7, 11) is 1.83. The van der Waals surface area contributed by atoms with Crippen molar-refractivity contribution in [2.45, 2.75) is 45.2 Å². The van der Waals surface area contributed by atoms with Crippen LogP contribution in [0, 0.1) is 0 Å². The predicted molar refractivity (Wildman–Crippen MR) is 127 cm³/mol. The number of guanidine groups is 1. The molecule has 0 amide bonds. The second-order valence-corrected chi connectivity index (χ2v) is 8.40. The lowest BCUT2D eigenvalue weighted by Crippen LogP contribution is -2.45. The predicted octanol–water partition coefficient (Wildman–Crippen LogP) is 2.33. The Morgan fingerprint density at radius 1 is 1.16 bits per heavy atom. The SMILES string of the molecule is CCC1CCCCN1CCNC(=NC)NCc1cccc(OCCN2CCOCC2)c1. The zero-order valence-corrected chi connectivity index (χ0v) is 19.4. The molecule has 2 N–H and O–H groups in total. The summed E-state index contributed by atoms with van der Waals surface area (Å²) in [5.74, 6) is 1.77. The molecule has 7 nitrogen and oxygen atoms in total. The molecule has 174 valence electrons. The minimum absolute atomic E-state index is 0.704. The first kappa shape index (κ1) is 23.8. The molecule has 31 heavy (non-hydrogen) atoms. The Hall–Kier alpha value is -1.83. The van der Waals surface area contributed by atoms with Gasteiger partial charge in [-0.1, -0.05) is 25.5 Å². The number of likely N-dealkylation sites (tertiary alicyclic amines) is 1. The van der Waals surface area contributed by atoms with Crippen LogP contribution in [0.3, 0.4) is 0 Å². The quantitative estimate of drug-likeness (QED) is 0.438. The zero-order valence-electron chi connectivity index (χ0n) is 19.4. The maximum absolute atomic E-state index is 5.97. The molecule has 7 heteroatoms. The van der Waals surface area contributed by atoms with E-state index in [-0.39, 0.29) is 0 Å². The van der Waals surface area contributed by atoms with Crippen molar-refractivity contribution in [2.24, 2.45) is 4.99 Å². The second-order valence-electron chi connectivity index (χ2n) is 8.40. The highest BCUT2D eigenvalue weighted by Crippen LogP contribution is 2.18. The number of hydrogen-bond donors (Lipinski definition) is 2. The first-order valence-electron chi connectivity index (χ1n) is 12.0. The Bertz CT molecular complexity index is 663. The zero-order chi connectivity index (χ0) is 21.7. The van der Waals surface area contributed by atoms with Crippen LogP contribution >= 0.6 is 0 Å². The topological polar surface area (TPSA) is 61.4 Å². The molecule has 1 aromatic carbocycles. The van der Waals surface area contributed by atoms with E-state index in [0.29, 0.717) is 6.61 Å². The summed E-state index contributed by atoms with van der Waals surface area (Å²) in [5.41, 5.74) is 1.19. The largest absolute Gasteiger partial charge is 0.492 e. The average molecular weight is 432 g/mol. The van der Waals surface area contributed by atoms with Crippen LogP contribution in [0.1, 0.15) is 38.2 Å². The molecule has 3 rings (SSSR count). The van der Waals surface area contributed by atoms with E-state index in [9.17, 15) is 0 Å². The average Bonchev–Trinajstić information content (AvgIpc) is 2.82. The van der Waals surface area contributed by atoms with Crippen molar-refractivity contribution < 1.29 is 9.47 Å². The van der Waals surface area contributed by atoms with Crippen molar-refractivity contribution >= 4 is 5.96 Å². The third-order valence-corrected chi connectivity index (χ3v) is 6.27. The minimum atomic E-state index is 0.704. The number of benzene rings is 1. The summed E-state index contributed by atoms with van der Waals surface area (Å²) in [6.45, 7) is 11.5. The van der Waals surface area contributed by atoms with Crippen molar-refractivity contribution in [3.05, 3.63) is 29.8 Å². The van der Waals surface area contributed by atoms with E-state index in [4.69, 9.17) is 9.47 Å². The summed E-state index contributed by atoms with van der Waals surface area (Å²) in [5, 5.41) is 6.89. The van der Waals surface area contributed by atoms with Crippen molar-refractivity contribution in [1.82, 2.24) is 20.4 Å².